The van der Waals surface area contributed by atoms with Crippen LogP contribution in [0.2, 0.25) is 0 Å². The summed E-state index contributed by atoms with van der Waals surface area (Å²) in [5, 5.41) is 9.75. The third-order valence-corrected chi connectivity index (χ3v) is 4.72. The number of aliphatic hydroxyl groups excluding tert-OH is 1. The zero-order valence-corrected chi connectivity index (χ0v) is 13.3. The number of ether oxygens (including phenoxy) is 2. The summed E-state index contributed by atoms with van der Waals surface area (Å²) in [6, 6.07) is 5.61. The summed E-state index contributed by atoms with van der Waals surface area (Å²) >= 11 is 0. The predicted molar refractivity (Wildman–Crippen MR) is 86.4 cm³/mol. The van der Waals surface area contributed by atoms with Gasteiger partial charge in [0.1, 0.15) is 0 Å². The molecule has 5 nitrogen and oxygen atoms in total. The van der Waals surface area contributed by atoms with E-state index in [0.29, 0.717) is 18.7 Å². The lowest BCUT2D eigenvalue weighted by Crippen LogP contribution is -2.48. The summed E-state index contributed by atoms with van der Waals surface area (Å²) in [6.45, 7) is 5.45. The molecule has 124 valence electrons. The molecule has 1 aromatic rings. The number of amides is 1. The molecule has 5 heteroatoms. The van der Waals surface area contributed by atoms with Crippen molar-refractivity contribution in [3.63, 3.8) is 0 Å². The Bertz CT molecular complexity index is 601. The molecule has 2 heterocycles. The first-order valence-corrected chi connectivity index (χ1v) is 8.04. The van der Waals surface area contributed by atoms with Gasteiger partial charge in [-0.15, -0.1) is 6.58 Å². The molecular formula is C18H23NO4. The second-order valence-electron chi connectivity index (χ2n) is 6.43. The first-order chi connectivity index (χ1) is 11.2. The van der Waals surface area contributed by atoms with Crippen LogP contribution in [-0.2, 0) is 11.2 Å². The fraction of sp³-hybridized carbons (Fsp3) is 0.500. The van der Waals surface area contributed by atoms with Crippen LogP contribution in [0.1, 0.15) is 24.8 Å². The Balaban J connectivity index is 1.67. The monoisotopic (exact) mass is 317 g/mol. The van der Waals surface area contributed by atoms with Gasteiger partial charge in [-0.2, -0.15) is 0 Å². The number of carbonyl (C=O) groups is 1. The summed E-state index contributed by atoms with van der Waals surface area (Å²) < 4.78 is 10.6. The standard InChI is InChI=1S/C18H23NO4/c1-2-6-18(12-20)7-3-8-19(11-18)17(21)10-14-4-5-15-16(9-14)23-13-22-15/h2,4-5,9,20H,1,3,6-8,10-13H2/t18-/m1/s1. The second kappa shape index (κ2) is 6.62. The topological polar surface area (TPSA) is 59.0 Å². The molecule has 2 aliphatic heterocycles. The van der Waals surface area contributed by atoms with E-state index >= 15 is 0 Å². The van der Waals surface area contributed by atoms with Crippen molar-refractivity contribution in [2.24, 2.45) is 5.41 Å². The predicted octanol–water partition coefficient (Wildman–Crippen LogP) is 2.13. The molecule has 0 aliphatic carbocycles. The van der Waals surface area contributed by atoms with Crippen LogP contribution in [0.4, 0.5) is 0 Å². The van der Waals surface area contributed by atoms with Crippen LogP contribution in [0.25, 0.3) is 0 Å². The molecule has 1 fully saturated rings. The van der Waals surface area contributed by atoms with Gasteiger partial charge in [-0.05, 0) is 37.0 Å². The van der Waals surface area contributed by atoms with Gasteiger partial charge in [0.25, 0.3) is 0 Å². The van der Waals surface area contributed by atoms with Gasteiger partial charge in [0, 0.05) is 18.5 Å². The highest BCUT2D eigenvalue weighted by molar-refractivity contribution is 5.79. The van der Waals surface area contributed by atoms with Crippen molar-refractivity contribution >= 4 is 5.91 Å². The number of benzene rings is 1. The quantitative estimate of drug-likeness (QED) is 0.845. The number of fused-ring (bicyclic) bond motifs is 1. The number of hydrogen-bond donors (Lipinski definition) is 1. The van der Waals surface area contributed by atoms with E-state index in [2.05, 4.69) is 6.58 Å². The molecule has 0 bridgehead atoms. The van der Waals surface area contributed by atoms with Gasteiger partial charge in [0.2, 0.25) is 12.7 Å². The number of likely N-dealkylation sites (tertiary alicyclic amines) is 1. The first-order valence-electron chi connectivity index (χ1n) is 8.04. The van der Waals surface area contributed by atoms with Gasteiger partial charge in [0.05, 0.1) is 13.0 Å². The molecule has 1 saturated heterocycles. The minimum Gasteiger partial charge on any atom is -0.454 e. The molecular weight excluding hydrogens is 294 g/mol. The summed E-state index contributed by atoms with van der Waals surface area (Å²) in [5.41, 5.74) is 0.688. The maximum Gasteiger partial charge on any atom is 0.231 e. The molecule has 0 radical (unpaired) electrons. The van der Waals surface area contributed by atoms with Crippen molar-refractivity contribution in [3.8, 4) is 11.5 Å². The fourth-order valence-electron chi connectivity index (χ4n) is 3.42. The Morgan fingerprint density at radius 3 is 3.00 bits per heavy atom. The lowest BCUT2D eigenvalue weighted by molar-refractivity contribution is -0.134. The molecule has 1 N–H and O–H groups in total. The molecule has 2 aliphatic rings. The third kappa shape index (κ3) is 3.34. The van der Waals surface area contributed by atoms with Gasteiger partial charge in [-0.25, -0.2) is 0 Å². The van der Waals surface area contributed by atoms with Gasteiger partial charge in [-0.1, -0.05) is 12.1 Å². The van der Waals surface area contributed by atoms with Crippen molar-refractivity contribution in [1.82, 2.24) is 4.90 Å². The van der Waals surface area contributed by atoms with E-state index < -0.39 is 0 Å². The molecule has 0 spiro atoms. The van der Waals surface area contributed by atoms with Crippen LogP contribution >= 0.6 is 0 Å². The molecule has 3 rings (SSSR count). The zero-order chi connectivity index (χ0) is 16.3. The molecule has 0 unspecified atom stereocenters. The Morgan fingerprint density at radius 1 is 1.39 bits per heavy atom. The molecule has 1 amide bonds. The average Bonchev–Trinajstić information content (AvgIpc) is 3.03. The number of carbonyl (C=O) groups excluding carboxylic acids is 1. The van der Waals surface area contributed by atoms with Crippen molar-refractivity contribution < 1.29 is 19.4 Å². The fourth-order valence-corrected chi connectivity index (χ4v) is 3.42. The van der Waals surface area contributed by atoms with Crippen molar-refractivity contribution in [3.05, 3.63) is 36.4 Å². The molecule has 0 saturated carbocycles. The zero-order valence-electron chi connectivity index (χ0n) is 13.3. The summed E-state index contributed by atoms with van der Waals surface area (Å²) in [6.07, 6.45) is 4.76. The number of rotatable bonds is 5. The van der Waals surface area contributed by atoms with Gasteiger partial charge in [-0.3, -0.25) is 4.79 Å². The van der Waals surface area contributed by atoms with E-state index in [-0.39, 0.29) is 24.7 Å². The summed E-state index contributed by atoms with van der Waals surface area (Å²) in [7, 11) is 0. The minimum absolute atomic E-state index is 0.0884. The van der Waals surface area contributed by atoms with Crippen molar-refractivity contribution in [1.29, 1.82) is 0 Å². The van der Waals surface area contributed by atoms with E-state index in [1.807, 2.05) is 29.2 Å². The lowest BCUT2D eigenvalue weighted by Gasteiger charge is -2.41. The van der Waals surface area contributed by atoms with Gasteiger partial charge >= 0.3 is 0 Å². The maximum absolute atomic E-state index is 12.6. The van der Waals surface area contributed by atoms with Crippen molar-refractivity contribution in [2.75, 3.05) is 26.5 Å². The number of piperidine rings is 1. The Hall–Kier alpha value is -2.01. The largest absolute Gasteiger partial charge is 0.454 e. The van der Waals surface area contributed by atoms with E-state index in [9.17, 15) is 9.90 Å². The number of hydrogen-bond acceptors (Lipinski definition) is 4. The van der Waals surface area contributed by atoms with Crippen LogP contribution in [0, 0.1) is 5.41 Å². The van der Waals surface area contributed by atoms with E-state index in [4.69, 9.17) is 9.47 Å². The molecule has 1 atom stereocenters. The number of nitrogens with zero attached hydrogens (tertiary/aromatic N) is 1. The first kappa shape index (κ1) is 15.9. The average molecular weight is 317 g/mol. The Labute approximate surface area is 136 Å². The second-order valence-corrected chi connectivity index (χ2v) is 6.43. The minimum atomic E-state index is -0.232. The molecule has 23 heavy (non-hydrogen) atoms. The van der Waals surface area contributed by atoms with E-state index in [1.54, 1.807) is 0 Å². The smallest absolute Gasteiger partial charge is 0.231 e. The number of allylic oxidation sites excluding steroid dienone is 1. The van der Waals surface area contributed by atoms with Crippen LogP contribution in [0.3, 0.4) is 0 Å². The summed E-state index contributed by atoms with van der Waals surface area (Å²) in [5.74, 6) is 1.51. The normalized spacial score (nSPS) is 22.9. The van der Waals surface area contributed by atoms with Crippen LogP contribution in [-0.4, -0.2) is 42.4 Å². The maximum atomic E-state index is 12.6. The highest BCUT2D eigenvalue weighted by Crippen LogP contribution is 2.35. The van der Waals surface area contributed by atoms with E-state index in [0.717, 1.165) is 37.1 Å². The van der Waals surface area contributed by atoms with Crippen LogP contribution in [0.15, 0.2) is 30.9 Å². The lowest BCUT2D eigenvalue weighted by atomic mass is 9.77. The van der Waals surface area contributed by atoms with Gasteiger partial charge < -0.3 is 19.5 Å². The van der Waals surface area contributed by atoms with Crippen LogP contribution in [0.5, 0.6) is 11.5 Å². The highest BCUT2D eigenvalue weighted by Gasteiger charge is 2.35. The summed E-state index contributed by atoms with van der Waals surface area (Å²) in [4.78, 5) is 14.5. The van der Waals surface area contributed by atoms with Crippen LogP contribution < -0.4 is 9.47 Å². The Kier molecular flexibility index (Phi) is 4.57. The van der Waals surface area contributed by atoms with Gasteiger partial charge in [0.15, 0.2) is 11.5 Å². The molecule has 0 aromatic heterocycles. The Morgan fingerprint density at radius 2 is 2.22 bits per heavy atom. The highest BCUT2D eigenvalue weighted by atomic mass is 16.7. The van der Waals surface area contributed by atoms with Crippen molar-refractivity contribution in [2.45, 2.75) is 25.7 Å². The SMILES string of the molecule is C=CC[C@@]1(CO)CCCN(C(=O)Cc2ccc3c(c2)OCO3)C1. The third-order valence-electron chi connectivity index (χ3n) is 4.72. The molecule has 1 aromatic carbocycles. The van der Waals surface area contributed by atoms with E-state index in [1.165, 1.54) is 0 Å². The number of aliphatic hydroxyl groups is 1.